The molecule has 0 aliphatic carbocycles. The molecule has 1 N–H and O–H groups in total. The van der Waals surface area contributed by atoms with Gasteiger partial charge in [-0.25, -0.2) is 4.98 Å². The third-order valence-electron chi connectivity index (χ3n) is 3.78. The van der Waals surface area contributed by atoms with Crippen LogP contribution in [0.15, 0.2) is 46.9 Å². The highest BCUT2D eigenvalue weighted by atomic mass is 16.5. The Hall–Kier alpha value is -2.82. The third kappa shape index (κ3) is 4.18. The number of oxazole rings is 1. The van der Waals surface area contributed by atoms with Crippen molar-refractivity contribution >= 4 is 22.7 Å². The second kappa shape index (κ2) is 7.38. The van der Waals surface area contributed by atoms with Gasteiger partial charge >= 0.3 is 0 Å². The summed E-state index contributed by atoms with van der Waals surface area (Å²) in [7, 11) is 0. The monoisotopic (exact) mass is 338 g/mol. The van der Waals surface area contributed by atoms with Crippen molar-refractivity contribution in [2.45, 2.75) is 33.1 Å². The summed E-state index contributed by atoms with van der Waals surface area (Å²) in [6.07, 6.45) is 0.304. The number of hydrogen-bond donors (Lipinski definition) is 1. The zero-order valence-electron chi connectivity index (χ0n) is 14.7. The van der Waals surface area contributed by atoms with Crippen LogP contribution >= 0.6 is 0 Å². The fourth-order valence-electron chi connectivity index (χ4n) is 2.53. The normalized spacial score (nSPS) is 11.0. The van der Waals surface area contributed by atoms with E-state index in [2.05, 4.69) is 10.3 Å². The van der Waals surface area contributed by atoms with E-state index >= 15 is 0 Å². The number of nitrogens with one attached hydrogen (secondary N) is 1. The lowest BCUT2D eigenvalue weighted by atomic mass is 10.1. The van der Waals surface area contributed by atoms with Gasteiger partial charge in [0.05, 0.1) is 13.0 Å². The second-order valence-electron chi connectivity index (χ2n) is 6.19. The van der Waals surface area contributed by atoms with E-state index in [-0.39, 0.29) is 11.8 Å². The maximum absolute atomic E-state index is 12.3. The quantitative estimate of drug-likeness (QED) is 0.717. The van der Waals surface area contributed by atoms with E-state index in [9.17, 15) is 4.79 Å². The van der Waals surface area contributed by atoms with Crippen molar-refractivity contribution in [2.75, 3.05) is 11.9 Å². The number of amides is 1. The molecule has 0 fully saturated rings. The first-order valence-corrected chi connectivity index (χ1v) is 8.47. The Morgan fingerprint density at radius 1 is 1.20 bits per heavy atom. The third-order valence-corrected chi connectivity index (χ3v) is 3.78. The van der Waals surface area contributed by atoms with Gasteiger partial charge in [0, 0.05) is 17.7 Å². The Kier molecular flexibility index (Phi) is 5.03. The molecule has 1 heterocycles. The van der Waals surface area contributed by atoms with Crippen LogP contribution in [0.1, 0.15) is 38.1 Å². The Morgan fingerprint density at radius 2 is 1.96 bits per heavy atom. The van der Waals surface area contributed by atoms with Gasteiger partial charge in [0.15, 0.2) is 11.5 Å². The van der Waals surface area contributed by atoms with Crippen molar-refractivity contribution < 1.29 is 13.9 Å². The highest BCUT2D eigenvalue weighted by molar-refractivity contribution is 5.94. The van der Waals surface area contributed by atoms with Crippen molar-refractivity contribution in [3.05, 3.63) is 53.9 Å². The molecule has 0 saturated heterocycles. The molecule has 130 valence electrons. The van der Waals surface area contributed by atoms with Gasteiger partial charge in [0.25, 0.3) is 0 Å². The summed E-state index contributed by atoms with van der Waals surface area (Å²) in [4.78, 5) is 16.7. The number of benzene rings is 2. The molecule has 0 spiro atoms. The van der Waals surface area contributed by atoms with Crippen molar-refractivity contribution in [2.24, 2.45) is 0 Å². The predicted molar refractivity (Wildman–Crippen MR) is 98.0 cm³/mol. The summed E-state index contributed by atoms with van der Waals surface area (Å²) in [5.74, 6) is 1.66. The lowest BCUT2D eigenvalue weighted by molar-refractivity contribution is -0.115. The van der Waals surface area contributed by atoms with Gasteiger partial charge < -0.3 is 14.5 Å². The minimum atomic E-state index is -0.0768. The van der Waals surface area contributed by atoms with Crippen LogP contribution in [0.2, 0.25) is 0 Å². The van der Waals surface area contributed by atoms with Crippen molar-refractivity contribution in [1.29, 1.82) is 0 Å². The number of ether oxygens (including phenoxy) is 1. The van der Waals surface area contributed by atoms with Crippen LogP contribution in [-0.2, 0) is 11.2 Å². The minimum absolute atomic E-state index is 0.0768. The number of carbonyl (C=O) groups excluding carboxylic acids is 1. The molecule has 0 aliphatic heterocycles. The molecule has 5 nitrogen and oxygen atoms in total. The summed E-state index contributed by atoms with van der Waals surface area (Å²) in [5, 5.41) is 2.90. The van der Waals surface area contributed by atoms with Crippen molar-refractivity contribution in [1.82, 2.24) is 4.98 Å². The smallest absolute Gasteiger partial charge is 0.228 e. The number of aromatic nitrogens is 1. The molecule has 0 atom stereocenters. The maximum Gasteiger partial charge on any atom is 0.228 e. The Labute approximate surface area is 147 Å². The lowest BCUT2D eigenvalue weighted by Crippen LogP contribution is -2.14. The summed E-state index contributed by atoms with van der Waals surface area (Å²) in [6.45, 7) is 6.63. The second-order valence-corrected chi connectivity index (χ2v) is 6.19. The first kappa shape index (κ1) is 17.0. The molecule has 3 aromatic rings. The highest BCUT2D eigenvalue weighted by Gasteiger charge is 2.11. The molecule has 1 amide bonds. The number of rotatable bonds is 6. The molecule has 3 rings (SSSR count). The van der Waals surface area contributed by atoms with E-state index in [0.717, 1.165) is 16.8 Å². The molecule has 0 radical (unpaired) electrons. The van der Waals surface area contributed by atoms with Crippen LogP contribution in [0.4, 0.5) is 5.69 Å². The molecule has 0 unspecified atom stereocenters. The average molecular weight is 338 g/mol. The predicted octanol–water partition coefficient (Wildman–Crippen LogP) is 4.53. The van der Waals surface area contributed by atoms with Gasteiger partial charge in [-0.15, -0.1) is 0 Å². The van der Waals surface area contributed by atoms with Gasteiger partial charge in [-0.05, 0) is 36.8 Å². The average Bonchev–Trinajstić information content (AvgIpc) is 3.00. The number of carbonyl (C=O) groups is 1. The lowest BCUT2D eigenvalue weighted by Gasteiger charge is -2.06. The van der Waals surface area contributed by atoms with Gasteiger partial charge in [0.2, 0.25) is 5.91 Å². The van der Waals surface area contributed by atoms with Gasteiger partial charge in [-0.2, -0.15) is 0 Å². The molecule has 0 aliphatic rings. The number of anilines is 1. The molecule has 2 aromatic carbocycles. The molecule has 0 saturated carbocycles. The standard InChI is InChI=1S/C20H22N2O3/c1-4-24-16-8-5-14(6-9-16)11-19(23)21-15-7-10-17-18(12-15)25-20(22-17)13(2)3/h5-10,12-13H,4,11H2,1-3H3,(H,21,23). The Morgan fingerprint density at radius 3 is 2.64 bits per heavy atom. The molecule has 5 heteroatoms. The summed E-state index contributed by atoms with van der Waals surface area (Å²) >= 11 is 0. The van der Waals surface area contributed by atoms with Crippen LogP contribution in [0.25, 0.3) is 11.1 Å². The molecule has 1 aromatic heterocycles. The van der Waals surface area contributed by atoms with Crippen LogP contribution in [-0.4, -0.2) is 17.5 Å². The summed E-state index contributed by atoms with van der Waals surface area (Å²) < 4.78 is 11.1. The van der Waals surface area contributed by atoms with Crippen LogP contribution in [0.5, 0.6) is 5.75 Å². The zero-order chi connectivity index (χ0) is 17.8. The molecular weight excluding hydrogens is 316 g/mol. The van der Waals surface area contributed by atoms with E-state index in [0.29, 0.717) is 30.2 Å². The largest absolute Gasteiger partial charge is 0.494 e. The number of fused-ring (bicyclic) bond motifs is 1. The van der Waals surface area contributed by atoms with Crippen LogP contribution in [0, 0.1) is 0 Å². The molecular formula is C20H22N2O3. The van der Waals surface area contributed by atoms with Gasteiger partial charge in [0.1, 0.15) is 11.3 Å². The first-order chi connectivity index (χ1) is 12.0. The SMILES string of the molecule is CCOc1ccc(CC(=O)Nc2ccc3nc(C(C)C)oc3c2)cc1. The highest BCUT2D eigenvalue weighted by Crippen LogP contribution is 2.24. The van der Waals surface area contributed by atoms with E-state index in [1.54, 1.807) is 0 Å². The van der Waals surface area contributed by atoms with Gasteiger partial charge in [-0.1, -0.05) is 26.0 Å². The number of hydrogen-bond acceptors (Lipinski definition) is 4. The molecule has 0 bridgehead atoms. The topological polar surface area (TPSA) is 64.4 Å². The summed E-state index contributed by atoms with van der Waals surface area (Å²) in [6, 6.07) is 13.1. The zero-order valence-corrected chi connectivity index (χ0v) is 14.7. The van der Waals surface area contributed by atoms with Crippen molar-refractivity contribution in [3.63, 3.8) is 0 Å². The molecule has 25 heavy (non-hydrogen) atoms. The van der Waals surface area contributed by atoms with E-state index in [1.807, 2.05) is 63.2 Å². The minimum Gasteiger partial charge on any atom is -0.494 e. The van der Waals surface area contributed by atoms with E-state index < -0.39 is 0 Å². The van der Waals surface area contributed by atoms with Crippen LogP contribution in [0.3, 0.4) is 0 Å². The fourth-order valence-corrected chi connectivity index (χ4v) is 2.53. The van der Waals surface area contributed by atoms with E-state index in [1.165, 1.54) is 0 Å². The maximum atomic E-state index is 12.3. The Bertz CT molecular complexity index is 866. The van der Waals surface area contributed by atoms with Gasteiger partial charge in [-0.3, -0.25) is 4.79 Å². The number of nitrogens with zero attached hydrogens (tertiary/aromatic N) is 1. The fraction of sp³-hybridized carbons (Fsp3) is 0.300. The summed E-state index contributed by atoms with van der Waals surface area (Å²) in [5.41, 5.74) is 3.12. The van der Waals surface area contributed by atoms with Crippen molar-refractivity contribution in [3.8, 4) is 5.75 Å². The van der Waals surface area contributed by atoms with E-state index in [4.69, 9.17) is 9.15 Å². The Balaban J connectivity index is 1.66. The van der Waals surface area contributed by atoms with Crippen LogP contribution < -0.4 is 10.1 Å². The first-order valence-electron chi connectivity index (χ1n) is 8.47.